The molecule has 8 heteroatoms. The van der Waals surface area contributed by atoms with E-state index in [-0.39, 0.29) is 0 Å². The molecule has 0 radical (unpaired) electrons. The molecule has 0 unspecified atom stereocenters. The van der Waals surface area contributed by atoms with Gasteiger partial charge >= 0.3 is 0 Å². The zero-order chi connectivity index (χ0) is 34.2. The molecule has 4 aromatic heterocycles. The minimum Gasteiger partial charge on any atom is -0.318 e. The Hall–Kier alpha value is -4.72. The van der Waals surface area contributed by atoms with Crippen molar-refractivity contribution in [2.45, 2.75) is 81.2 Å². The van der Waals surface area contributed by atoms with Gasteiger partial charge in [-0.15, -0.1) is 10.2 Å². The maximum atomic E-state index is 4.75. The summed E-state index contributed by atoms with van der Waals surface area (Å²) in [6.07, 6.45) is 11.8. The Morgan fingerprint density at radius 2 is 1.00 bits per heavy atom. The third-order valence-electron chi connectivity index (χ3n) is 5.19. The molecule has 0 saturated heterocycles. The van der Waals surface area contributed by atoms with E-state index in [4.69, 9.17) is 4.98 Å². The number of fused-ring (bicyclic) bond motifs is 1. The molecule has 8 nitrogen and oxygen atoms in total. The molecule has 0 saturated carbocycles. The van der Waals surface area contributed by atoms with E-state index in [0.717, 1.165) is 23.2 Å². The summed E-state index contributed by atoms with van der Waals surface area (Å²) in [5, 5.41) is 7.31. The van der Waals surface area contributed by atoms with Gasteiger partial charge in [-0.25, -0.2) is 15.0 Å². The Morgan fingerprint density at radius 1 is 0.522 bits per heavy atom. The Balaban J connectivity index is 0.000000315. The Bertz CT molecular complexity index is 1400. The Morgan fingerprint density at radius 3 is 1.37 bits per heavy atom. The summed E-state index contributed by atoms with van der Waals surface area (Å²) in [6.45, 7) is 21.5. The molecule has 0 spiro atoms. The van der Waals surface area contributed by atoms with Crippen LogP contribution in [0.4, 0.5) is 0 Å². The first-order valence-electron chi connectivity index (χ1n) is 16.0. The summed E-state index contributed by atoms with van der Waals surface area (Å²) in [5.41, 5.74) is 3.41. The molecule has 0 aliphatic carbocycles. The maximum absolute atomic E-state index is 4.75. The lowest BCUT2D eigenvalue weighted by Crippen LogP contribution is -2.02. The van der Waals surface area contributed by atoms with Crippen LogP contribution in [0.25, 0.3) is 16.7 Å². The van der Waals surface area contributed by atoms with Crippen molar-refractivity contribution in [2.75, 3.05) is 0 Å². The fourth-order valence-electron chi connectivity index (χ4n) is 3.32. The monoisotopic (exact) mass is 622 g/mol. The highest BCUT2D eigenvalue weighted by Gasteiger charge is 2.14. The third-order valence-corrected chi connectivity index (χ3v) is 5.19. The molecule has 4 heterocycles. The van der Waals surface area contributed by atoms with E-state index in [1.54, 1.807) is 43.5 Å². The molecule has 46 heavy (non-hydrogen) atoms. The zero-order valence-corrected chi connectivity index (χ0v) is 29.4. The fourth-order valence-corrected chi connectivity index (χ4v) is 3.32. The van der Waals surface area contributed by atoms with Crippen molar-refractivity contribution in [1.29, 1.82) is 0 Å². The van der Waals surface area contributed by atoms with Crippen molar-refractivity contribution >= 4 is 11.0 Å². The first-order valence-corrected chi connectivity index (χ1v) is 16.0. The first kappa shape index (κ1) is 39.3. The van der Waals surface area contributed by atoms with Crippen LogP contribution in [0, 0.1) is 11.8 Å². The fraction of sp³-hybridized carbons (Fsp3) is 0.368. The second kappa shape index (κ2) is 23.6. The number of pyridine rings is 1. The highest BCUT2D eigenvalue weighted by atomic mass is 15.2. The van der Waals surface area contributed by atoms with Crippen molar-refractivity contribution in [3.05, 3.63) is 128 Å². The van der Waals surface area contributed by atoms with Crippen LogP contribution in [0.1, 0.15) is 87.0 Å². The van der Waals surface area contributed by atoms with Gasteiger partial charge in [-0.05, 0) is 68.1 Å². The van der Waals surface area contributed by atoms with Crippen LogP contribution in [0.2, 0.25) is 0 Å². The average Bonchev–Trinajstić information content (AvgIpc) is 3.73. The van der Waals surface area contributed by atoms with Gasteiger partial charge in [0, 0.05) is 42.4 Å². The molecule has 0 atom stereocenters. The zero-order valence-electron chi connectivity index (χ0n) is 29.4. The van der Waals surface area contributed by atoms with Crippen LogP contribution in [0.5, 0.6) is 0 Å². The first-order chi connectivity index (χ1) is 22.0. The van der Waals surface area contributed by atoms with Gasteiger partial charge in [0.2, 0.25) is 0 Å². The summed E-state index contributed by atoms with van der Waals surface area (Å²) < 4.78 is 4.19. The van der Waals surface area contributed by atoms with Crippen LogP contribution in [-0.2, 0) is 0 Å². The van der Waals surface area contributed by atoms with Gasteiger partial charge in [-0.1, -0.05) is 91.8 Å². The number of imidazole rings is 1. The minimum atomic E-state index is 0.401. The number of rotatable bonds is 3. The number of benzene rings is 2. The second-order valence-corrected chi connectivity index (χ2v) is 12.2. The van der Waals surface area contributed by atoms with E-state index in [0.29, 0.717) is 12.0 Å². The van der Waals surface area contributed by atoms with E-state index >= 15 is 0 Å². The van der Waals surface area contributed by atoms with Gasteiger partial charge in [0.1, 0.15) is 24.8 Å². The number of nitrogens with zero attached hydrogens (tertiary/aromatic N) is 8. The van der Waals surface area contributed by atoms with Crippen molar-refractivity contribution < 1.29 is 0 Å². The van der Waals surface area contributed by atoms with Crippen LogP contribution >= 0.6 is 0 Å². The average molecular weight is 623 g/mol. The number of hydrogen-bond acceptors (Lipinski definition) is 6. The molecule has 0 aliphatic heterocycles. The van der Waals surface area contributed by atoms with Crippen LogP contribution in [0.3, 0.4) is 0 Å². The Kier molecular flexibility index (Phi) is 20.2. The smallest absolute Gasteiger partial charge is 0.119 e. The van der Waals surface area contributed by atoms with Gasteiger partial charge in [-0.2, -0.15) is 0 Å². The van der Waals surface area contributed by atoms with Crippen molar-refractivity contribution in [3.63, 3.8) is 0 Å². The molecule has 6 rings (SSSR count). The summed E-state index contributed by atoms with van der Waals surface area (Å²) >= 11 is 0. The molecule has 246 valence electrons. The highest BCUT2D eigenvalue weighted by Crippen LogP contribution is 2.25. The SMILES string of the molecule is CC(C)C.CC(C)C.CC(C)c1nc2ccccc2n1-c1ccccc1.CC(C)n1cnnc1.c1ccncc1.c1cncnc1. The second-order valence-electron chi connectivity index (χ2n) is 12.2. The normalized spacial score (nSPS) is 9.87. The lowest BCUT2D eigenvalue weighted by molar-refractivity contribution is 0.597. The molecule has 2 aromatic carbocycles. The van der Waals surface area contributed by atoms with E-state index in [1.165, 1.54) is 17.5 Å². The number of hydrogen-bond donors (Lipinski definition) is 0. The number of para-hydroxylation sites is 3. The third kappa shape index (κ3) is 17.5. The Labute approximate surface area is 277 Å². The van der Waals surface area contributed by atoms with Crippen molar-refractivity contribution in [3.8, 4) is 5.69 Å². The molecule has 6 aromatic rings. The molecule has 0 fully saturated rings. The highest BCUT2D eigenvalue weighted by molar-refractivity contribution is 5.78. The molecular formula is C38H54N8. The lowest BCUT2D eigenvalue weighted by atomic mass is 10.2. The van der Waals surface area contributed by atoms with Crippen LogP contribution in [0.15, 0.2) is 123 Å². The van der Waals surface area contributed by atoms with E-state index in [1.807, 2.05) is 34.9 Å². The minimum absolute atomic E-state index is 0.401. The lowest BCUT2D eigenvalue weighted by Gasteiger charge is -2.11. The van der Waals surface area contributed by atoms with E-state index in [9.17, 15) is 0 Å². The summed E-state index contributed by atoms with van der Waals surface area (Å²) in [5.74, 6) is 3.18. The summed E-state index contributed by atoms with van der Waals surface area (Å²) in [6, 6.07) is 26.7. The topological polar surface area (TPSA) is 87.2 Å². The van der Waals surface area contributed by atoms with Gasteiger partial charge < -0.3 is 4.57 Å². The standard InChI is InChI=1S/C16H16N2.C5H9N3.C5H5N.C4H4N2.2C4H10/c1-12(2)16-17-14-10-6-7-11-15(14)18(16)13-8-4-3-5-9-13;1-5(2)8-3-6-7-4-8;1-2-4-6-5-3-1;1-2-5-4-6-3-1;2*1-4(2)3/h3-12H,1-2H3;3-5H,1-2H3;1-5H;1-4H;2*4H,1-3H3. The van der Waals surface area contributed by atoms with E-state index in [2.05, 4.69) is 141 Å². The molecule has 0 aliphatic rings. The van der Waals surface area contributed by atoms with E-state index < -0.39 is 0 Å². The summed E-state index contributed by atoms with van der Waals surface area (Å²) in [4.78, 5) is 15.9. The van der Waals surface area contributed by atoms with Crippen LogP contribution in [-0.4, -0.2) is 39.3 Å². The largest absolute Gasteiger partial charge is 0.318 e. The van der Waals surface area contributed by atoms with Crippen molar-refractivity contribution in [2.24, 2.45) is 11.8 Å². The van der Waals surface area contributed by atoms with Gasteiger partial charge in [0.05, 0.1) is 11.0 Å². The maximum Gasteiger partial charge on any atom is 0.119 e. The van der Waals surface area contributed by atoms with Gasteiger partial charge in [-0.3, -0.25) is 9.55 Å². The van der Waals surface area contributed by atoms with Crippen LogP contribution < -0.4 is 0 Å². The summed E-state index contributed by atoms with van der Waals surface area (Å²) in [7, 11) is 0. The predicted octanol–water partition coefficient (Wildman–Crippen LogP) is 9.89. The predicted molar refractivity (Wildman–Crippen MR) is 193 cm³/mol. The quantitative estimate of drug-likeness (QED) is 0.195. The molecule has 0 N–H and O–H groups in total. The molecule has 0 amide bonds. The van der Waals surface area contributed by atoms with Gasteiger partial charge in [0.15, 0.2) is 0 Å². The van der Waals surface area contributed by atoms with Gasteiger partial charge in [0.25, 0.3) is 0 Å². The molecular weight excluding hydrogens is 568 g/mol. The number of aromatic nitrogens is 8. The molecule has 0 bridgehead atoms. The van der Waals surface area contributed by atoms with Crippen molar-refractivity contribution in [1.82, 2.24) is 39.3 Å².